The van der Waals surface area contributed by atoms with E-state index < -0.39 is 0 Å². The number of piperidine rings is 1. The van der Waals surface area contributed by atoms with Gasteiger partial charge in [-0.3, -0.25) is 4.79 Å². The molecule has 0 saturated carbocycles. The fourth-order valence-corrected chi connectivity index (χ4v) is 4.55. The molecule has 0 aliphatic carbocycles. The Bertz CT molecular complexity index is 1230. The monoisotopic (exact) mass is 461 g/mol. The molecule has 3 aromatic heterocycles. The number of benzene rings is 1. The molecular formula is C24H27N7OS. The zero-order valence-electron chi connectivity index (χ0n) is 18.6. The number of thioether (sulfide) groups is 1. The largest absolute Gasteiger partial charge is 0.356 e. The van der Waals surface area contributed by atoms with E-state index in [-0.39, 0.29) is 5.91 Å². The molecule has 0 bridgehead atoms. The lowest BCUT2D eigenvalue weighted by atomic mass is 10.1. The van der Waals surface area contributed by atoms with Crippen LogP contribution in [-0.2, 0) is 6.54 Å². The molecule has 0 atom stereocenters. The Labute approximate surface area is 197 Å². The van der Waals surface area contributed by atoms with Gasteiger partial charge in [0.25, 0.3) is 5.91 Å². The molecule has 0 spiro atoms. The van der Waals surface area contributed by atoms with Gasteiger partial charge in [0, 0.05) is 43.3 Å². The van der Waals surface area contributed by atoms with Crippen molar-refractivity contribution in [3.63, 3.8) is 0 Å². The maximum atomic E-state index is 12.6. The van der Waals surface area contributed by atoms with E-state index in [0.29, 0.717) is 18.7 Å². The Kier molecular flexibility index (Phi) is 6.30. The Morgan fingerprint density at radius 3 is 2.55 bits per heavy atom. The van der Waals surface area contributed by atoms with Crippen LogP contribution in [-0.4, -0.2) is 56.1 Å². The molecule has 5 rings (SSSR count). The second-order valence-electron chi connectivity index (χ2n) is 8.08. The van der Waals surface area contributed by atoms with Crippen molar-refractivity contribution in [2.24, 2.45) is 0 Å². The number of carbonyl (C=O) groups excluding carboxylic acids is 1. The predicted molar refractivity (Wildman–Crippen MR) is 131 cm³/mol. The quantitative estimate of drug-likeness (QED) is 0.333. The molecule has 1 saturated heterocycles. The van der Waals surface area contributed by atoms with Gasteiger partial charge in [0.1, 0.15) is 5.82 Å². The maximum Gasteiger partial charge on any atom is 0.251 e. The van der Waals surface area contributed by atoms with Gasteiger partial charge in [-0.2, -0.15) is 5.10 Å². The maximum absolute atomic E-state index is 12.6. The first kappa shape index (κ1) is 21.5. The van der Waals surface area contributed by atoms with Gasteiger partial charge in [-0.05, 0) is 61.9 Å². The second kappa shape index (κ2) is 9.66. The van der Waals surface area contributed by atoms with Gasteiger partial charge in [0.05, 0.1) is 18.1 Å². The number of nitrogens with one attached hydrogen (secondary N) is 1. The van der Waals surface area contributed by atoms with Gasteiger partial charge in [0.15, 0.2) is 10.8 Å². The molecule has 0 unspecified atom stereocenters. The highest BCUT2D eigenvalue weighted by molar-refractivity contribution is 7.98. The summed E-state index contributed by atoms with van der Waals surface area (Å²) in [7, 11) is 0. The average molecular weight is 462 g/mol. The van der Waals surface area contributed by atoms with Crippen LogP contribution < -0.4 is 10.2 Å². The summed E-state index contributed by atoms with van der Waals surface area (Å²) in [5.41, 5.74) is 2.48. The third kappa shape index (κ3) is 4.59. The third-order valence-electron chi connectivity index (χ3n) is 5.94. The molecule has 33 heavy (non-hydrogen) atoms. The number of aromatic nitrogens is 5. The van der Waals surface area contributed by atoms with Crippen molar-refractivity contribution in [2.75, 3.05) is 30.8 Å². The third-order valence-corrected chi connectivity index (χ3v) is 6.48. The van der Waals surface area contributed by atoms with Crippen LogP contribution in [0.15, 0.2) is 60.1 Å². The van der Waals surface area contributed by atoms with Gasteiger partial charge in [-0.1, -0.05) is 11.8 Å². The van der Waals surface area contributed by atoms with Crippen molar-refractivity contribution in [1.82, 2.24) is 29.6 Å². The molecule has 1 aromatic carbocycles. The minimum atomic E-state index is -0.0982. The SMILES string of the molecule is CSc1nc(N2CCCCC2)c2cnn(CCNC(=O)c3ccc(-n4cccc4)cc3)c2n1. The fourth-order valence-electron chi connectivity index (χ4n) is 4.19. The lowest BCUT2D eigenvalue weighted by molar-refractivity contribution is 0.0952. The van der Waals surface area contributed by atoms with Crippen LogP contribution in [0.2, 0.25) is 0 Å². The lowest BCUT2D eigenvalue weighted by Gasteiger charge is -2.28. The van der Waals surface area contributed by atoms with Gasteiger partial charge in [-0.25, -0.2) is 14.6 Å². The van der Waals surface area contributed by atoms with E-state index in [1.54, 1.807) is 0 Å². The minimum Gasteiger partial charge on any atom is -0.356 e. The van der Waals surface area contributed by atoms with Crippen LogP contribution in [0.3, 0.4) is 0 Å². The van der Waals surface area contributed by atoms with Gasteiger partial charge in [-0.15, -0.1) is 0 Å². The summed E-state index contributed by atoms with van der Waals surface area (Å²) in [4.78, 5) is 24.5. The number of fused-ring (bicyclic) bond motifs is 1. The fraction of sp³-hybridized carbons (Fsp3) is 0.333. The number of amides is 1. The second-order valence-corrected chi connectivity index (χ2v) is 8.85. The van der Waals surface area contributed by atoms with Crippen molar-refractivity contribution >= 4 is 34.5 Å². The summed E-state index contributed by atoms with van der Waals surface area (Å²) in [5, 5.41) is 9.28. The molecule has 1 amide bonds. The van der Waals surface area contributed by atoms with Crippen LogP contribution in [0.4, 0.5) is 5.82 Å². The first-order valence-electron chi connectivity index (χ1n) is 11.3. The van der Waals surface area contributed by atoms with Crippen molar-refractivity contribution in [3.8, 4) is 5.69 Å². The van der Waals surface area contributed by atoms with Crippen molar-refractivity contribution in [1.29, 1.82) is 0 Å². The Morgan fingerprint density at radius 2 is 1.82 bits per heavy atom. The molecular weight excluding hydrogens is 434 g/mol. The lowest BCUT2D eigenvalue weighted by Crippen LogP contribution is -2.30. The summed E-state index contributed by atoms with van der Waals surface area (Å²) in [6.07, 6.45) is 11.4. The molecule has 8 nitrogen and oxygen atoms in total. The van der Waals surface area contributed by atoms with Crippen LogP contribution in [0.25, 0.3) is 16.7 Å². The minimum absolute atomic E-state index is 0.0982. The van der Waals surface area contributed by atoms with E-state index in [4.69, 9.17) is 9.97 Å². The number of carbonyl (C=O) groups is 1. The number of hydrogen-bond donors (Lipinski definition) is 1. The van der Waals surface area contributed by atoms with Crippen molar-refractivity contribution in [3.05, 3.63) is 60.6 Å². The first-order valence-corrected chi connectivity index (χ1v) is 12.5. The van der Waals surface area contributed by atoms with Crippen LogP contribution in [0.1, 0.15) is 29.6 Å². The highest BCUT2D eigenvalue weighted by Crippen LogP contribution is 2.28. The Balaban J connectivity index is 1.27. The van der Waals surface area contributed by atoms with E-state index in [2.05, 4.69) is 15.3 Å². The summed E-state index contributed by atoms with van der Waals surface area (Å²) >= 11 is 1.54. The summed E-state index contributed by atoms with van der Waals surface area (Å²) < 4.78 is 3.87. The number of rotatable bonds is 7. The molecule has 0 radical (unpaired) electrons. The highest BCUT2D eigenvalue weighted by Gasteiger charge is 2.19. The Hall–Kier alpha value is -3.33. The van der Waals surface area contributed by atoms with Crippen LogP contribution in [0.5, 0.6) is 0 Å². The molecule has 1 N–H and O–H groups in total. The predicted octanol–water partition coefficient (Wildman–Crippen LogP) is 3.76. The van der Waals surface area contributed by atoms with Crippen LogP contribution in [0, 0.1) is 0 Å². The van der Waals surface area contributed by atoms with E-state index in [0.717, 1.165) is 40.8 Å². The number of nitrogens with zero attached hydrogens (tertiary/aromatic N) is 6. The van der Waals surface area contributed by atoms with E-state index in [1.165, 1.54) is 31.0 Å². The van der Waals surface area contributed by atoms with Crippen molar-refractivity contribution in [2.45, 2.75) is 31.0 Å². The van der Waals surface area contributed by atoms with Gasteiger partial charge >= 0.3 is 0 Å². The van der Waals surface area contributed by atoms with E-state index in [9.17, 15) is 4.79 Å². The smallest absolute Gasteiger partial charge is 0.251 e. The van der Waals surface area contributed by atoms with Gasteiger partial charge < -0.3 is 14.8 Å². The molecule has 9 heteroatoms. The molecule has 1 aliphatic heterocycles. The van der Waals surface area contributed by atoms with Crippen LogP contribution >= 0.6 is 11.8 Å². The number of hydrogen-bond acceptors (Lipinski definition) is 6. The van der Waals surface area contributed by atoms with Gasteiger partial charge in [0.2, 0.25) is 0 Å². The summed E-state index contributed by atoms with van der Waals surface area (Å²) in [6, 6.07) is 11.5. The van der Waals surface area contributed by atoms with Crippen molar-refractivity contribution < 1.29 is 4.79 Å². The molecule has 1 aliphatic rings. The topological polar surface area (TPSA) is 80.9 Å². The number of anilines is 1. The molecule has 1 fully saturated rings. The zero-order valence-corrected chi connectivity index (χ0v) is 19.5. The summed E-state index contributed by atoms with van der Waals surface area (Å²) in [6.45, 7) is 3.04. The molecule has 4 aromatic rings. The average Bonchev–Trinajstić information content (AvgIpc) is 3.55. The van der Waals surface area contributed by atoms with E-state index >= 15 is 0 Å². The molecule has 4 heterocycles. The summed E-state index contributed by atoms with van der Waals surface area (Å²) in [5.74, 6) is 0.876. The normalized spacial score (nSPS) is 14.0. The van der Waals surface area contributed by atoms with E-state index in [1.807, 2.05) is 70.5 Å². The standard InChI is InChI=1S/C24H27N7OS/c1-33-24-27-21(30-14-3-2-4-15-30)20-17-26-31(22(20)28-24)16-11-25-23(32)18-7-9-19(10-8-18)29-12-5-6-13-29/h5-10,12-13,17H,2-4,11,14-16H2,1H3,(H,25,32). The highest BCUT2D eigenvalue weighted by atomic mass is 32.2. The molecule has 170 valence electrons. The Morgan fingerprint density at radius 1 is 1.06 bits per heavy atom. The zero-order chi connectivity index (χ0) is 22.6. The first-order chi connectivity index (χ1) is 16.2.